The summed E-state index contributed by atoms with van der Waals surface area (Å²) in [5.74, 6) is -0.487. The van der Waals surface area contributed by atoms with Gasteiger partial charge >= 0.3 is 7.60 Å². The molecule has 0 heterocycles. The molecule has 1 aromatic rings. The van der Waals surface area contributed by atoms with E-state index in [9.17, 15) is 9.36 Å². The number of nitrogens with two attached hydrogens (primary N) is 1. The minimum atomic E-state index is -3.10. The van der Waals surface area contributed by atoms with E-state index >= 15 is 0 Å². The SMILES string of the molecule is CCOP(=O)(Cc1ccc(C(N)=O)cc1)OCC. The lowest BCUT2D eigenvalue weighted by molar-refractivity contribution is 0.100. The third-order valence-electron chi connectivity index (χ3n) is 2.27. The molecule has 0 aliphatic carbocycles. The second-order valence-corrected chi connectivity index (χ2v) is 5.72. The number of primary amides is 1. The first-order chi connectivity index (χ1) is 8.50. The Balaban J connectivity index is 2.81. The standard InChI is InChI=1S/C12H18NO4P/c1-3-16-18(15,17-4-2)9-10-5-7-11(8-6-10)12(13)14/h5-8H,3-4,9H2,1-2H3,(H2,13,14). The Bertz CT molecular complexity index is 434. The van der Waals surface area contributed by atoms with Gasteiger partial charge in [0.2, 0.25) is 5.91 Å². The Morgan fingerprint density at radius 3 is 2.06 bits per heavy atom. The summed E-state index contributed by atoms with van der Waals surface area (Å²) < 4.78 is 22.7. The summed E-state index contributed by atoms with van der Waals surface area (Å²) in [4.78, 5) is 10.9. The van der Waals surface area contributed by atoms with E-state index in [1.54, 1.807) is 38.1 Å². The van der Waals surface area contributed by atoms with Crippen molar-refractivity contribution in [2.45, 2.75) is 20.0 Å². The molecule has 0 radical (unpaired) electrons. The molecule has 0 aliphatic rings. The quantitative estimate of drug-likeness (QED) is 0.773. The maximum Gasteiger partial charge on any atom is 0.335 e. The molecule has 0 unspecified atom stereocenters. The number of hydrogen-bond donors (Lipinski definition) is 1. The summed E-state index contributed by atoms with van der Waals surface area (Å²) in [7, 11) is -3.10. The second kappa shape index (κ2) is 6.69. The van der Waals surface area contributed by atoms with Crippen LogP contribution in [0.3, 0.4) is 0 Å². The summed E-state index contributed by atoms with van der Waals surface area (Å²) in [5, 5.41) is 0. The van der Waals surface area contributed by atoms with Gasteiger partial charge in [-0.15, -0.1) is 0 Å². The molecule has 0 saturated carbocycles. The second-order valence-electron chi connectivity index (χ2n) is 3.67. The van der Waals surface area contributed by atoms with Crippen molar-refractivity contribution < 1.29 is 18.4 Å². The van der Waals surface area contributed by atoms with Gasteiger partial charge in [0.1, 0.15) is 0 Å². The molecule has 0 spiro atoms. The van der Waals surface area contributed by atoms with Crippen molar-refractivity contribution in [2.24, 2.45) is 5.73 Å². The average molecular weight is 271 g/mol. The number of amides is 1. The third kappa shape index (κ3) is 4.26. The molecule has 0 aliphatic heterocycles. The molecule has 1 aromatic carbocycles. The third-order valence-corrected chi connectivity index (χ3v) is 4.32. The van der Waals surface area contributed by atoms with Crippen LogP contribution in [0.4, 0.5) is 0 Å². The molecule has 1 rings (SSSR count). The van der Waals surface area contributed by atoms with Gasteiger partial charge in [-0.3, -0.25) is 9.36 Å². The lowest BCUT2D eigenvalue weighted by atomic mass is 10.1. The molecule has 0 fully saturated rings. The lowest BCUT2D eigenvalue weighted by Gasteiger charge is -2.16. The Hall–Kier alpha value is -1.16. The van der Waals surface area contributed by atoms with Crippen LogP contribution in [0, 0.1) is 0 Å². The summed E-state index contributed by atoms with van der Waals surface area (Å²) >= 11 is 0. The van der Waals surface area contributed by atoms with Gasteiger partial charge in [0, 0.05) is 5.56 Å². The van der Waals surface area contributed by atoms with Crippen molar-refractivity contribution in [1.29, 1.82) is 0 Å². The first-order valence-corrected chi connectivity index (χ1v) is 7.50. The highest BCUT2D eigenvalue weighted by atomic mass is 31.2. The Morgan fingerprint density at radius 1 is 1.17 bits per heavy atom. The van der Waals surface area contributed by atoms with E-state index in [4.69, 9.17) is 14.8 Å². The molecule has 0 bridgehead atoms. The van der Waals surface area contributed by atoms with Crippen LogP contribution in [0.5, 0.6) is 0 Å². The van der Waals surface area contributed by atoms with Gasteiger partial charge in [-0.2, -0.15) is 0 Å². The van der Waals surface area contributed by atoms with E-state index in [2.05, 4.69) is 0 Å². The van der Waals surface area contributed by atoms with Crippen LogP contribution in [0.1, 0.15) is 29.8 Å². The molecule has 18 heavy (non-hydrogen) atoms. The smallest absolute Gasteiger partial charge is 0.335 e. The summed E-state index contributed by atoms with van der Waals surface area (Å²) in [6, 6.07) is 6.59. The average Bonchev–Trinajstić information content (AvgIpc) is 2.30. The molecule has 5 nitrogen and oxygen atoms in total. The number of carbonyl (C=O) groups is 1. The van der Waals surface area contributed by atoms with Crippen LogP contribution in [-0.2, 0) is 19.8 Å². The van der Waals surface area contributed by atoms with Crippen molar-refractivity contribution in [3.63, 3.8) is 0 Å². The molecular formula is C12H18NO4P. The van der Waals surface area contributed by atoms with E-state index in [0.29, 0.717) is 18.8 Å². The van der Waals surface area contributed by atoms with E-state index in [1.165, 1.54) is 0 Å². The fourth-order valence-corrected chi connectivity index (χ4v) is 3.22. The topological polar surface area (TPSA) is 78.6 Å². The van der Waals surface area contributed by atoms with Crippen molar-refractivity contribution in [2.75, 3.05) is 13.2 Å². The number of rotatable bonds is 7. The molecule has 1 amide bonds. The number of hydrogen-bond acceptors (Lipinski definition) is 4. The Morgan fingerprint density at radius 2 is 1.67 bits per heavy atom. The van der Waals surface area contributed by atoms with Crippen molar-refractivity contribution in [3.8, 4) is 0 Å². The monoisotopic (exact) mass is 271 g/mol. The fourth-order valence-electron chi connectivity index (χ4n) is 1.52. The van der Waals surface area contributed by atoms with Crippen LogP contribution in [0.2, 0.25) is 0 Å². The highest BCUT2D eigenvalue weighted by Crippen LogP contribution is 2.51. The van der Waals surface area contributed by atoms with Crippen LogP contribution in [-0.4, -0.2) is 19.1 Å². The first kappa shape index (κ1) is 14.9. The van der Waals surface area contributed by atoms with E-state index < -0.39 is 13.5 Å². The Labute approximate surface area is 107 Å². The van der Waals surface area contributed by atoms with Crippen LogP contribution in [0.15, 0.2) is 24.3 Å². The molecule has 6 heteroatoms. The minimum Gasteiger partial charge on any atom is -0.366 e. The first-order valence-electron chi connectivity index (χ1n) is 5.77. The van der Waals surface area contributed by atoms with Crippen LogP contribution in [0.25, 0.3) is 0 Å². The molecular weight excluding hydrogens is 253 g/mol. The summed E-state index contributed by atoms with van der Waals surface area (Å²) in [6.45, 7) is 4.19. The largest absolute Gasteiger partial charge is 0.366 e. The summed E-state index contributed by atoms with van der Waals surface area (Å²) in [6.07, 6.45) is 0.188. The van der Waals surface area contributed by atoms with Crippen molar-refractivity contribution >= 4 is 13.5 Å². The van der Waals surface area contributed by atoms with E-state index in [1.807, 2.05) is 0 Å². The normalized spacial score (nSPS) is 11.4. The predicted octanol–water partition coefficient (Wildman–Crippen LogP) is 2.55. The lowest BCUT2D eigenvalue weighted by Crippen LogP contribution is -2.10. The zero-order valence-electron chi connectivity index (χ0n) is 10.6. The van der Waals surface area contributed by atoms with Gasteiger partial charge in [-0.05, 0) is 31.5 Å². The van der Waals surface area contributed by atoms with Gasteiger partial charge < -0.3 is 14.8 Å². The molecule has 0 atom stereocenters. The van der Waals surface area contributed by atoms with Crippen molar-refractivity contribution in [3.05, 3.63) is 35.4 Å². The van der Waals surface area contributed by atoms with Gasteiger partial charge in [0.15, 0.2) is 0 Å². The molecule has 0 saturated heterocycles. The molecule has 100 valence electrons. The number of benzene rings is 1. The van der Waals surface area contributed by atoms with Gasteiger partial charge in [0.05, 0.1) is 19.4 Å². The van der Waals surface area contributed by atoms with Gasteiger partial charge in [-0.25, -0.2) is 0 Å². The maximum absolute atomic E-state index is 12.3. The fraction of sp³-hybridized carbons (Fsp3) is 0.417. The maximum atomic E-state index is 12.3. The highest BCUT2D eigenvalue weighted by Gasteiger charge is 2.23. The van der Waals surface area contributed by atoms with E-state index in [0.717, 1.165) is 5.56 Å². The zero-order chi connectivity index (χ0) is 13.6. The molecule has 0 aromatic heterocycles. The summed E-state index contributed by atoms with van der Waals surface area (Å²) in [5.41, 5.74) is 6.34. The number of carbonyl (C=O) groups excluding carboxylic acids is 1. The van der Waals surface area contributed by atoms with Crippen LogP contribution < -0.4 is 5.73 Å². The Kier molecular flexibility index (Phi) is 5.54. The molecule has 2 N–H and O–H groups in total. The predicted molar refractivity (Wildman–Crippen MR) is 69.5 cm³/mol. The van der Waals surface area contributed by atoms with Crippen molar-refractivity contribution in [1.82, 2.24) is 0 Å². The van der Waals surface area contributed by atoms with E-state index in [-0.39, 0.29) is 6.16 Å². The minimum absolute atomic E-state index is 0.188. The zero-order valence-corrected chi connectivity index (χ0v) is 11.5. The van der Waals surface area contributed by atoms with Crippen LogP contribution >= 0.6 is 7.60 Å². The van der Waals surface area contributed by atoms with Gasteiger partial charge in [0.25, 0.3) is 0 Å². The van der Waals surface area contributed by atoms with Gasteiger partial charge in [-0.1, -0.05) is 12.1 Å². The highest BCUT2D eigenvalue weighted by molar-refractivity contribution is 7.53.